The van der Waals surface area contributed by atoms with Crippen LogP contribution >= 0.6 is 23.1 Å². The Morgan fingerprint density at radius 3 is 3.22 bits per heavy atom. The smallest absolute Gasteiger partial charge is 0.189 e. The molecule has 2 heterocycles. The number of hydrogen-bond acceptors (Lipinski definition) is 6. The molecule has 0 aromatic carbocycles. The summed E-state index contributed by atoms with van der Waals surface area (Å²) < 4.78 is 6.44. The lowest BCUT2D eigenvalue weighted by atomic mass is 10.2. The Morgan fingerprint density at radius 2 is 2.56 bits per heavy atom. The number of thioether (sulfide) groups is 1. The third-order valence-electron chi connectivity index (χ3n) is 2.54. The summed E-state index contributed by atoms with van der Waals surface area (Å²) in [5.41, 5.74) is 5.77. The Bertz CT molecular complexity index is 403. The van der Waals surface area contributed by atoms with Gasteiger partial charge in [-0.05, 0) is 19.1 Å². The van der Waals surface area contributed by atoms with Gasteiger partial charge in [0.05, 0.1) is 12.6 Å². The van der Waals surface area contributed by atoms with Crippen molar-refractivity contribution in [2.45, 2.75) is 29.8 Å². The number of aromatic nitrogens is 2. The number of guanidine groups is 1. The van der Waals surface area contributed by atoms with Crippen molar-refractivity contribution in [2.75, 3.05) is 19.4 Å². The summed E-state index contributed by atoms with van der Waals surface area (Å²) in [5, 5.41) is 12.0. The highest BCUT2D eigenvalue weighted by Crippen LogP contribution is 2.19. The summed E-state index contributed by atoms with van der Waals surface area (Å²) in [5.74, 6) is 0.436. The van der Waals surface area contributed by atoms with Gasteiger partial charge in [0.25, 0.3) is 0 Å². The zero-order valence-electron chi connectivity index (χ0n) is 10.3. The number of nitrogens with two attached hydrogens (primary N) is 1. The topological polar surface area (TPSA) is 85.4 Å². The first-order valence-electron chi connectivity index (χ1n) is 5.79. The van der Waals surface area contributed by atoms with Crippen LogP contribution in [-0.2, 0) is 11.3 Å². The molecule has 1 aliphatic heterocycles. The van der Waals surface area contributed by atoms with Crippen molar-refractivity contribution in [2.24, 2.45) is 10.7 Å². The van der Waals surface area contributed by atoms with Gasteiger partial charge in [-0.1, -0.05) is 23.1 Å². The second kappa shape index (κ2) is 6.91. The number of ether oxygens (including phenoxy) is 1. The molecule has 0 amide bonds. The molecular weight excluding hydrogens is 270 g/mol. The minimum atomic E-state index is 0.267. The van der Waals surface area contributed by atoms with E-state index in [0.29, 0.717) is 12.5 Å². The lowest BCUT2D eigenvalue weighted by Gasteiger charge is -2.10. The fourth-order valence-corrected chi connectivity index (χ4v) is 2.86. The van der Waals surface area contributed by atoms with Crippen LogP contribution < -0.4 is 11.1 Å². The first kappa shape index (κ1) is 13.6. The number of nitrogens with one attached hydrogen (secondary N) is 1. The van der Waals surface area contributed by atoms with E-state index in [1.807, 2.05) is 6.26 Å². The van der Waals surface area contributed by atoms with Crippen molar-refractivity contribution in [3.05, 3.63) is 5.01 Å². The molecule has 18 heavy (non-hydrogen) atoms. The number of hydrogen-bond donors (Lipinski definition) is 2. The molecule has 0 radical (unpaired) electrons. The first-order valence-corrected chi connectivity index (χ1v) is 7.84. The Balaban J connectivity index is 1.73. The first-order chi connectivity index (χ1) is 8.78. The van der Waals surface area contributed by atoms with Crippen molar-refractivity contribution >= 4 is 29.1 Å². The molecule has 0 aliphatic carbocycles. The quantitative estimate of drug-likeness (QED) is 0.474. The number of nitrogens with zero attached hydrogens (tertiary/aromatic N) is 3. The van der Waals surface area contributed by atoms with Gasteiger partial charge in [-0.2, -0.15) is 0 Å². The van der Waals surface area contributed by atoms with Crippen molar-refractivity contribution in [1.82, 2.24) is 15.5 Å². The summed E-state index contributed by atoms with van der Waals surface area (Å²) in [7, 11) is 0. The highest BCUT2D eigenvalue weighted by Gasteiger charge is 2.14. The molecule has 6 nitrogen and oxygen atoms in total. The minimum Gasteiger partial charge on any atom is -0.376 e. The molecule has 3 N–H and O–H groups in total. The van der Waals surface area contributed by atoms with E-state index in [1.165, 1.54) is 0 Å². The maximum atomic E-state index is 5.77. The average molecular weight is 287 g/mol. The lowest BCUT2D eigenvalue weighted by molar-refractivity contribution is 0.114. The predicted molar refractivity (Wildman–Crippen MR) is 74.0 cm³/mol. The van der Waals surface area contributed by atoms with Gasteiger partial charge in [0.2, 0.25) is 0 Å². The fraction of sp³-hybridized carbons (Fsp3) is 0.700. The van der Waals surface area contributed by atoms with Gasteiger partial charge < -0.3 is 15.8 Å². The molecule has 1 aromatic heterocycles. The molecule has 1 aromatic rings. The molecule has 0 bridgehead atoms. The van der Waals surface area contributed by atoms with Gasteiger partial charge in [-0.3, -0.25) is 0 Å². The Hall–Kier alpha value is -0.860. The van der Waals surface area contributed by atoms with Gasteiger partial charge in [-0.15, -0.1) is 10.2 Å². The lowest BCUT2D eigenvalue weighted by Crippen LogP contribution is -2.37. The van der Waals surface area contributed by atoms with Crippen LogP contribution in [-0.4, -0.2) is 41.7 Å². The van der Waals surface area contributed by atoms with Crippen molar-refractivity contribution in [3.63, 3.8) is 0 Å². The molecule has 0 saturated carbocycles. The van der Waals surface area contributed by atoms with Crippen LogP contribution in [0.5, 0.6) is 0 Å². The Kier molecular flexibility index (Phi) is 5.21. The third kappa shape index (κ3) is 4.11. The second-order valence-corrected chi connectivity index (χ2v) is 6.00. The van der Waals surface area contributed by atoms with Crippen LogP contribution in [0.2, 0.25) is 0 Å². The normalized spacial score (nSPS) is 20.3. The van der Waals surface area contributed by atoms with Crippen molar-refractivity contribution < 1.29 is 4.74 Å². The molecule has 8 heteroatoms. The molecule has 1 saturated heterocycles. The molecule has 2 rings (SSSR count). The fourth-order valence-electron chi connectivity index (χ4n) is 1.62. The van der Waals surface area contributed by atoms with E-state index in [4.69, 9.17) is 10.5 Å². The van der Waals surface area contributed by atoms with Crippen LogP contribution in [0.25, 0.3) is 0 Å². The van der Waals surface area contributed by atoms with E-state index < -0.39 is 0 Å². The molecule has 1 aliphatic rings. The van der Waals surface area contributed by atoms with Gasteiger partial charge >= 0.3 is 0 Å². The summed E-state index contributed by atoms with van der Waals surface area (Å²) in [6.07, 6.45) is 4.47. The Morgan fingerprint density at radius 1 is 1.67 bits per heavy atom. The SMILES string of the molecule is CSc1nnc(CN=C(N)NCC2CCCO2)s1. The standard InChI is InChI=1S/C10H17N5OS2/c1-17-10-15-14-8(18-10)6-13-9(11)12-5-7-3-2-4-16-7/h7H,2-6H2,1H3,(H3,11,12,13). The summed E-state index contributed by atoms with van der Waals surface area (Å²) >= 11 is 3.13. The highest BCUT2D eigenvalue weighted by molar-refractivity contribution is 8.00. The van der Waals surface area contributed by atoms with Gasteiger partial charge in [0.15, 0.2) is 10.3 Å². The monoisotopic (exact) mass is 287 g/mol. The van der Waals surface area contributed by atoms with Crippen LogP contribution in [0.4, 0.5) is 0 Å². The molecular formula is C10H17N5OS2. The zero-order valence-corrected chi connectivity index (χ0v) is 11.9. The Labute approximate surface area is 114 Å². The summed E-state index contributed by atoms with van der Waals surface area (Å²) in [6.45, 7) is 2.05. The largest absolute Gasteiger partial charge is 0.376 e. The van der Waals surface area contributed by atoms with Crippen molar-refractivity contribution in [1.29, 1.82) is 0 Å². The maximum absolute atomic E-state index is 5.77. The summed E-state index contributed by atoms with van der Waals surface area (Å²) in [4.78, 5) is 4.23. The van der Waals surface area contributed by atoms with E-state index in [1.54, 1.807) is 23.1 Å². The second-order valence-electron chi connectivity index (χ2n) is 3.88. The molecule has 1 unspecified atom stereocenters. The molecule has 0 spiro atoms. The van der Waals surface area contributed by atoms with Crippen LogP contribution in [0.15, 0.2) is 9.33 Å². The van der Waals surface area contributed by atoms with Crippen LogP contribution in [0.1, 0.15) is 17.8 Å². The van der Waals surface area contributed by atoms with E-state index in [2.05, 4.69) is 20.5 Å². The van der Waals surface area contributed by atoms with Crippen molar-refractivity contribution in [3.8, 4) is 0 Å². The van der Waals surface area contributed by atoms with Crippen LogP contribution in [0.3, 0.4) is 0 Å². The van der Waals surface area contributed by atoms with E-state index in [-0.39, 0.29) is 6.10 Å². The van der Waals surface area contributed by atoms with E-state index in [9.17, 15) is 0 Å². The molecule has 1 fully saturated rings. The summed E-state index contributed by atoms with van der Waals surface area (Å²) in [6, 6.07) is 0. The van der Waals surface area contributed by atoms with E-state index in [0.717, 1.165) is 35.3 Å². The maximum Gasteiger partial charge on any atom is 0.189 e. The van der Waals surface area contributed by atoms with Gasteiger partial charge in [0.1, 0.15) is 5.01 Å². The predicted octanol–water partition coefficient (Wildman–Crippen LogP) is 0.843. The molecule has 1 atom stereocenters. The minimum absolute atomic E-state index is 0.267. The average Bonchev–Trinajstić information content (AvgIpc) is 3.04. The zero-order chi connectivity index (χ0) is 12.8. The van der Waals surface area contributed by atoms with Crippen LogP contribution in [0, 0.1) is 0 Å². The molecule has 100 valence electrons. The van der Waals surface area contributed by atoms with E-state index >= 15 is 0 Å². The highest BCUT2D eigenvalue weighted by atomic mass is 32.2. The number of aliphatic imine (C=N–C) groups is 1. The number of rotatable bonds is 5. The third-order valence-corrected chi connectivity index (χ3v) is 4.43. The van der Waals surface area contributed by atoms with Gasteiger partial charge in [0, 0.05) is 13.2 Å². The van der Waals surface area contributed by atoms with Gasteiger partial charge in [-0.25, -0.2) is 4.99 Å².